The SMILES string of the molecule is CCOC(=O)C1(NCCN(C)C)CCCCC1C. The second-order valence-corrected chi connectivity index (χ2v) is 5.57. The number of rotatable bonds is 6. The van der Waals surface area contributed by atoms with E-state index in [0.717, 1.165) is 32.4 Å². The number of nitrogens with one attached hydrogen (secondary N) is 1. The quantitative estimate of drug-likeness (QED) is 0.734. The number of carbonyl (C=O) groups is 1. The molecule has 0 radical (unpaired) electrons. The van der Waals surface area contributed by atoms with Crippen LogP contribution in [0.5, 0.6) is 0 Å². The Balaban J connectivity index is 2.69. The maximum atomic E-state index is 12.3. The van der Waals surface area contributed by atoms with E-state index >= 15 is 0 Å². The Bertz CT molecular complexity index is 269. The van der Waals surface area contributed by atoms with Crippen LogP contribution >= 0.6 is 0 Å². The van der Waals surface area contributed by atoms with Crippen LogP contribution in [0.15, 0.2) is 0 Å². The van der Waals surface area contributed by atoms with E-state index in [-0.39, 0.29) is 5.97 Å². The van der Waals surface area contributed by atoms with E-state index in [0.29, 0.717) is 12.5 Å². The van der Waals surface area contributed by atoms with E-state index < -0.39 is 5.54 Å². The summed E-state index contributed by atoms with van der Waals surface area (Å²) < 4.78 is 5.30. The predicted octanol–water partition coefficient (Wildman–Crippen LogP) is 1.65. The van der Waals surface area contributed by atoms with Crippen molar-refractivity contribution in [2.45, 2.75) is 45.1 Å². The van der Waals surface area contributed by atoms with Crippen LogP contribution in [-0.2, 0) is 9.53 Å². The average molecular weight is 256 g/mol. The first-order valence-electron chi connectivity index (χ1n) is 7.10. The lowest BCUT2D eigenvalue weighted by Crippen LogP contribution is -2.59. The molecule has 4 heteroatoms. The highest BCUT2D eigenvalue weighted by Crippen LogP contribution is 2.34. The number of esters is 1. The molecule has 0 spiro atoms. The summed E-state index contributed by atoms with van der Waals surface area (Å²) in [5.41, 5.74) is -0.454. The Hall–Kier alpha value is -0.610. The van der Waals surface area contributed by atoms with Gasteiger partial charge in [-0.15, -0.1) is 0 Å². The second kappa shape index (κ2) is 7.10. The fraction of sp³-hybridized carbons (Fsp3) is 0.929. The van der Waals surface area contributed by atoms with Crippen LogP contribution in [0, 0.1) is 5.92 Å². The van der Waals surface area contributed by atoms with Crippen LogP contribution < -0.4 is 5.32 Å². The molecule has 1 N–H and O–H groups in total. The Morgan fingerprint density at radius 2 is 2.17 bits per heavy atom. The summed E-state index contributed by atoms with van der Waals surface area (Å²) >= 11 is 0. The molecule has 0 aliphatic heterocycles. The standard InChI is InChI=1S/C14H28N2O2/c1-5-18-13(17)14(15-10-11-16(3)4)9-7-6-8-12(14)2/h12,15H,5-11H2,1-4H3. The maximum absolute atomic E-state index is 12.3. The molecular weight excluding hydrogens is 228 g/mol. The molecule has 0 bridgehead atoms. The topological polar surface area (TPSA) is 41.6 Å². The second-order valence-electron chi connectivity index (χ2n) is 5.57. The summed E-state index contributed by atoms with van der Waals surface area (Å²) in [6.45, 7) is 6.27. The molecule has 1 saturated carbocycles. The van der Waals surface area contributed by atoms with Crippen molar-refractivity contribution in [1.29, 1.82) is 0 Å². The molecule has 2 atom stereocenters. The van der Waals surface area contributed by atoms with Gasteiger partial charge in [-0.3, -0.25) is 4.79 Å². The third-order valence-electron chi connectivity index (χ3n) is 3.94. The molecule has 1 rings (SSSR count). The van der Waals surface area contributed by atoms with Gasteiger partial charge in [0.1, 0.15) is 5.54 Å². The Morgan fingerprint density at radius 3 is 2.72 bits per heavy atom. The van der Waals surface area contributed by atoms with Crippen molar-refractivity contribution < 1.29 is 9.53 Å². The molecule has 0 heterocycles. The van der Waals surface area contributed by atoms with Crippen LogP contribution in [0.1, 0.15) is 39.5 Å². The van der Waals surface area contributed by atoms with E-state index in [1.807, 2.05) is 21.0 Å². The highest BCUT2D eigenvalue weighted by molar-refractivity contribution is 5.81. The molecule has 0 aromatic heterocycles. The van der Waals surface area contributed by atoms with Crippen molar-refractivity contribution in [2.75, 3.05) is 33.8 Å². The Kier molecular flexibility index (Phi) is 6.09. The Morgan fingerprint density at radius 1 is 1.44 bits per heavy atom. The molecule has 1 aliphatic rings. The summed E-state index contributed by atoms with van der Waals surface area (Å²) in [6.07, 6.45) is 4.34. The third kappa shape index (κ3) is 3.69. The first-order valence-corrected chi connectivity index (χ1v) is 7.10. The lowest BCUT2D eigenvalue weighted by Gasteiger charge is -2.41. The van der Waals surface area contributed by atoms with Crippen molar-refractivity contribution in [2.24, 2.45) is 5.92 Å². The largest absolute Gasteiger partial charge is 0.465 e. The van der Waals surface area contributed by atoms with Gasteiger partial charge in [-0.05, 0) is 39.8 Å². The molecule has 0 saturated heterocycles. The highest BCUT2D eigenvalue weighted by Gasteiger charge is 2.45. The number of hydrogen-bond acceptors (Lipinski definition) is 4. The number of carbonyl (C=O) groups excluding carboxylic acids is 1. The number of hydrogen-bond donors (Lipinski definition) is 1. The van der Waals surface area contributed by atoms with Gasteiger partial charge < -0.3 is 15.0 Å². The van der Waals surface area contributed by atoms with Gasteiger partial charge in [0.15, 0.2) is 0 Å². The lowest BCUT2D eigenvalue weighted by molar-refractivity contribution is -0.155. The molecule has 1 fully saturated rings. The zero-order chi connectivity index (χ0) is 13.6. The van der Waals surface area contributed by atoms with Gasteiger partial charge in [0.25, 0.3) is 0 Å². The number of nitrogens with zero attached hydrogens (tertiary/aromatic N) is 1. The first-order chi connectivity index (χ1) is 8.53. The summed E-state index contributed by atoms with van der Waals surface area (Å²) in [5, 5.41) is 3.48. The molecule has 18 heavy (non-hydrogen) atoms. The maximum Gasteiger partial charge on any atom is 0.326 e. The molecule has 1 aliphatic carbocycles. The van der Waals surface area contributed by atoms with Gasteiger partial charge in [0.05, 0.1) is 6.61 Å². The van der Waals surface area contributed by atoms with E-state index in [4.69, 9.17) is 4.74 Å². The van der Waals surface area contributed by atoms with E-state index in [1.165, 1.54) is 6.42 Å². The van der Waals surface area contributed by atoms with Crippen molar-refractivity contribution in [3.05, 3.63) is 0 Å². The van der Waals surface area contributed by atoms with Crippen molar-refractivity contribution >= 4 is 5.97 Å². The zero-order valence-corrected chi connectivity index (χ0v) is 12.3. The molecular formula is C14H28N2O2. The average Bonchev–Trinajstić information content (AvgIpc) is 2.31. The van der Waals surface area contributed by atoms with Crippen molar-refractivity contribution in [3.8, 4) is 0 Å². The van der Waals surface area contributed by atoms with Gasteiger partial charge in [-0.1, -0.05) is 19.8 Å². The van der Waals surface area contributed by atoms with Crippen LogP contribution in [0.25, 0.3) is 0 Å². The lowest BCUT2D eigenvalue weighted by atomic mass is 9.73. The molecule has 106 valence electrons. The molecule has 0 amide bonds. The minimum Gasteiger partial charge on any atom is -0.465 e. The fourth-order valence-corrected chi connectivity index (χ4v) is 2.75. The minimum atomic E-state index is -0.454. The predicted molar refractivity (Wildman–Crippen MR) is 73.6 cm³/mol. The highest BCUT2D eigenvalue weighted by atomic mass is 16.5. The summed E-state index contributed by atoms with van der Waals surface area (Å²) in [4.78, 5) is 14.4. The fourth-order valence-electron chi connectivity index (χ4n) is 2.75. The van der Waals surface area contributed by atoms with E-state index in [2.05, 4.69) is 17.1 Å². The third-order valence-corrected chi connectivity index (χ3v) is 3.94. The first kappa shape index (κ1) is 15.4. The molecule has 0 aromatic carbocycles. The molecule has 0 aromatic rings. The molecule has 4 nitrogen and oxygen atoms in total. The van der Waals surface area contributed by atoms with Crippen LogP contribution in [0.3, 0.4) is 0 Å². The summed E-state index contributed by atoms with van der Waals surface area (Å²) in [5.74, 6) is 0.295. The van der Waals surface area contributed by atoms with Crippen LogP contribution in [0.4, 0.5) is 0 Å². The Labute approximate surface area is 111 Å². The van der Waals surface area contributed by atoms with Crippen molar-refractivity contribution in [3.63, 3.8) is 0 Å². The monoisotopic (exact) mass is 256 g/mol. The van der Waals surface area contributed by atoms with E-state index in [1.54, 1.807) is 0 Å². The summed E-state index contributed by atoms with van der Waals surface area (Å²) in [7, 11) is 4.09. The number of ether oxygens (including phenoxy) is 1. The van der Waals surface area contributed by atoms with Gasteiger partial charge >= 0.3 is 5.97 Å². The minimum absolute atomic E-state index is 0.0593. The van der Waals surface area contributed by atoms with Gasteiger partial charge in [-0.25, -0.2) is 0 Å². The molecule has 2 unspecified atom stereocenters. The summed E-state index contributed by atoms with van der Waals surface area (Å²) in [6, 6.07) is 0. The normalized spacial score (nSPS) is 28.4. The smallest absolute Gasteiger partial charge is 0.326 e. The van der Waals surface area contributed by atoms with Crippen molar-refractivity contribution in [1.82, 2.24) is 10.2 Å². The van der Waals surface area contributed by atoms with Crippen LogP contribution in [-0.4, -0.2) is 50.2 Å². The van der Waals surface area contributed by atoms with Gasteiger partial charge in [0.2, 0.25) is 0 Å². The zero-order valence-electron chi connectivity index (χ0n) is 12.3. The van der Waals surface area contributed by atoms with E-state index in [9.17, 15) is 4.79 Å². The van der Waals surface area contributed by atoms with Gasteiger partial charge in [0, 0.05) is 13.1 Å². The van der Waals surface area contributed by atoms with Gasteiger partial charge in [-0.2, -0.15) is 0 Å². The van der Waals surface area contributed by atoms with Crippen LogP contribution in [0.2, 0.25) is 0 Å². The number of likely N-dealkylation sites (N-methyl/N-ethyl adjacent to an activating group) is 1.